The molecule has 0 aliphatic heterocycles. The van der Waals surface area contributed by atoms with Crippen LogP contribution in [-0.4, -0.2) is 40.1 Å². The van der Waals surface area contributed by atoms with E-state index in [9.17, 15) is 9.59 Å². The van der Waals surface area contributed by atoms with Crippen molar-refractivity contribution in [1.29, 1.82) is 0 Å². The van der Waals surface area contributed by atoms with Crippen LogP contribution in [0.3, 0.4) is 0 Å². The molecule has 0 radical (unpaired) electrons. The van der Waals surface area contributed by atoms with Crippen molar-refractivity contribution in [3.63, 3.8) is 0 Å². The summed E-state index contributed by atoms with van der Waals surface area (Å²) in [5.41, 5.74) is 1.03. The SMILES string of the molecule is CN(Cc1ccncc1)C(=O)NC1CCC(C(=O)O)CC1. The lowest BCUT2D eigenvalue weighted by Crippen LogP contribution is -2.44. The maximum atomic E-state index is 12.1. The Balaban J connectivity index is 1.78. The summed E-state index contributed by atoms with van der Waals surface area (Å²) in [5.74, 6) is -0.984. The second-order valence-corrected chi connectivity index (χ2v) is 5.55. The maximum Gasteiger partial charge on any atom is 0.317 e. The Kier molecular flexibility index (Phi) is 5.14. The zero-order chi connectivity index (χ0) is 15.2. The molecule has 2 N–H and O–H groups in total. The molecule has 6 heteroatoms. The number of hydrogen-bond donors (Lipinski definition) is 2. The van der Waals surface area contributed by atoms with Crippen molar-refractivity contribution in [3.8, 4) is 0 Å². The Morgan fingerprint density at radius 1 is 1.29 bits per heavy atom. The number of urea groups is 1. The summed E-state index contributed by atoms with van der Waals surface area (Å²) in [7, 11) is 1.75. The van der Waals surface area contributed by atoms with Gasteiger partial charge in [0.25, 0.3) is 0 Å². The van der Waals surface area contributed by atoms with Gasteiger partial charge in [-0.15, -0.1) is 0 Å². The molecule has 0 spiro atoms. The van der Waals surface area contributed by atoms with E-state index >= 15 is 0 Å². The van der Waals surface area contributed by atoms with E-state index < -0.39 is 5.97 Å². The Labute approximate surface area is 124 Å². The minimum absolute atomic E-state index is 0.0768. The molecule has 21 heavy (non-hydrogen) atoms. The van der Waals surface area contributed by atoms with Crippen molar-refractivity contribution in [2.45, 2.75) is 38.3 Å². The summed E-state index contributed by atoms with van der Waals surface area (Å²) in [6.45, 7) is 0.527. The molecule has 0 saturated heterocycles. The van der Waals surface area contributed by atoms with Crippen LogP contribution in [0.5, 0.6) is 0 Å². The first-order valence-corrected chi connectivity index (χ1v) is 7.19. The number of nitrogens with one attached hydrogen (secondary N) is 1. The van der Waals surface area contributed by atoms with Crippen LogP contribution < -0.4 is 5.32 Å². The van der Waals surface area contributed by atoms with E-state index in [-0.39, 0.29) is 18.0 Å². The molecule has 2 amide bonds. The van der Waals surface area contributed by atoms with Gasteiger partial charge in [0.2, 0.25) is 0 Å². The summed E-state index contributed by atoms with van der Waals surface area (Å²) in [5, 5.41) is 11.9. The fraction of sp³-hybridized carbons (Fsp3) is 0.533. The molecule has 6 nitrogen and oxygen atoms in total. The predicted octanol–water partition coefficient (Wildman–Crippen LogP) is 1.87. The summed E-state index contributed by atoms with van der Waals surface area (Å²) in [6, 6.07) is 3.71. The summed E-state index contributed by atoms with van der Waals surface area (Å²) >= 11 is 0. The van der Waals surface area contributed by atoms with Gasteiger partial charge in [0.1, 0.15) is 0 Å². The highest BCUT2D eigenvalue weighted by molar-refractivity contribution is 5.74. The number of amides is 2. The number of carbonyl (C=O) groups is 2. The van der Waals surface area contributed by atoms with Gasteiger partial charge in [-0.05, 0) is 43.4 Å². The third-order valence-electron chi connectivity index (χ3n) is 3.92. The molecular formula is C15H21N3O3. The first-order chi connectivity index (χ1) is 10.1. The van der Waals surface area contributed by atoms with Crippen molar-refractivity contribution in [2.24, 2.45) is 5.92 Å². The molecule has 0 atom stereocenters. The largest absolute Gasteiger partial charge is 0.481 e. The van der Waals surface area contributed by atoms with Gasteiger partial charge in [0, 0.05) is 32.0 Å². The van der Waals surface area contributed by atoms with Crippen molar-refractivity contribution >= 4 is 12.0 Å². The molecule has 1 aromatic rings. The lowest BCUT2D eigenvalue weighted by atomic mass is 9.86. The monoisotopic (exact) mass is 291 g/mol. The number of nitrogens with zero attached hydrogens (tertiary/aromatic N) is 2. The van der Waals surface area contributed by atoms with Crippen LogP contribution in [0.2, 0.25) is 0 Å². The number of carboxylic acid groups (broad SMARTS) is 1. The Bertz CT molecular complexity index is 484. The van der Waals surface area contributed by atoms with Crippen LogP contribution in [0.1, 0.15) is 31.2 Å². The normalized spacial score (nSPS) is 21.6. The number of hydrogen-bond acceptors (Lipinski definition) is 3. The number of aromatic nitrogens is 1. The highest BCUT2D eigenvalue weighted by atomic mass is 16.4. The van der Waals surface area contributed by atoms with Crippen LogP contribution in [0.4, 0.5) is 4.79 Å². The highest BCUT2D eigenvalue weighted by Gasteiger charge is 2.27. The second kappa shape index (κ2) is 7.06. The van der Waals surface area contributed by atoms with Gasteiger partial charge in [-0.1, -0.05) is 0 Å². The van der Waals surface area contributed by atoms with E-state index in [1.807, 2.05) is 12.1 Å². The maximum absolute atomic E-state index is 12.1. The van der Waals surface area contributed by atoms with Crippen LogP contribution >= 0.6 is 0 Å². The van der Waals surface area contributed by atoms with Gasteiger partial charge in [-0.2, -0.15) is 0 Å². The van der Waals surface area contributed by atoms with Crippen LogP contribution in [0, 0.1) is 5.92 Å². The third-order valence-corrected chi connectivity index (χ3v) is 3.92. The summed E-state index contributed by atoms with van der Waals surface area (Å²) in [4.78, 5) is 28.6. The van der Waals surface area contributed by atoms with E-state index in [2.05, 4.69) is 10.3 Å². The molecule has 0 unspecified atom stereocenters. The average Bonchev–Trinajstić information content (AvgIpc) is 2.48. The number of pyridine rings is 1. The molecular weight excluding hydrogens is 270 g/mol. The van der Waals surface area contributed by atoms with E-state index in [1.54, 1.807) is 24.3 Å². The van der Waals surface area contributed by atoms with E-state index in [0.29, 0.717) is 19.4 Å². The van der Waals surface area contributed by atoms with Gasteiger partial charge >= 0.3 is 12.0 Å². The molecule has 1 saturated carbocycles. The zero-order valence-corrected chi connectivity index (χ0v) is 12.2. The second-order valence-electron chi connectivity index (χ2n) is 5.55. The van der Waals surface area contributed by atoms with Crippen molar-refractivity contribution in [1.82, 2.24) is 15.2 Å². The van der Waals surface area contributed by atoms with Crippen molar-refractivity contribution < 1.29 is 14.7 Å². The average molecular weight is 291 g/mol. The number of rotatable bonds is 4. The molecule has 1 fully saturated rings. The predicted molar refractivity (Wildman–Crippen MR) is 77.6 cm³/mol. The quantitative estimate of drug-likeness (QED) is 0.887. The first kappa shape index (κ1) is 15.3. The molecule has 2 rings (SSSR count). The van der Waals surface area contributed by atoms with Gasteiger partial charge in [0.15, 0.2) is 0 Å². The minimum Gasteiger partial charge on any atom is -0.481 e. The fourth-order valence-corrected chi connectivity index (χ4v) is 2.60. The van der Waals surface area contributed by atoms with Crippen LogP contribution in [-0.2, 0) is 11.3 Å². The van der Waals surface area contributed by atoms with Crippen LogP contribution in [0.25, 0.3) is 0 Å². The van der Waals surface area contributed by atoms with Crippen LogP contribution in [0.15, 0.2) is 24.5 Å². The molecule has 0 bridgehead atoms. The molecule has 1 aliphatic rings. The van der Waals surface area contributed by atoms with E-state index in [0.717, 1.165) is 18.4 Å². The van der Waals surface area contributed by atoms with Gasteiger partial charge in [-0.3, -0.25) is 9.78 Å². The Hall–Kier alpha value is -2.11. The standard InChI is InChI=1S/C15H21N3O3/c1-18(10-11-6-8-16-9-7-11)15(21)17-13-4-2-12(3-5-13)14(19)20/h6-9,12-13H,2-5,10H2,1H3,(H,17,21)(H,19,20). The van der Waals surface area contributed by atoms with E-state index in [4.69, 9.17) is 5.11 Å². The summed E-state index contributed by atoms with van der Waals surface area (Å²) < 4.78 is 0. The first-order valence-electron chi connectivity index (χ1n) is 7.19. The van der Waals surface area contributed by atoms with Gasteiger partial charge in [0.05, 0.1) is 5.92 Å². The summed E-state index contributed by atoms with van der Waals surface area (Å²) in [6.07, 6.45) is 6.13. The van der Waals surface area contributed by atoms with Crippen molar-refractivity contribution in [3.05, 3.63) is 30.1 Å². The van der Waals surface area contributed by atoms with Gasteiger partial charge in [-0.25, -0.2) is 4.79 Å². The Morgan fingerprint density at radius 2 is 1.90 bits per heavy atom. The van der Waals surface area contributed by atoms with E-state index in [1.165, 1.54) is 0 Å². The minimum atomic E-state index is -0.727. The number of carbonyl (C=O) groups excluding carboxylic acids is 1. The van der Waals surface area contributed by atoms with Crippen molar-refractivity contribution in [2.75, 3.05) is 7.05 Å². The molecule has 1 aromatic heterocycles. The van der Waals surface area contributed by atoms with Gasteiger partial charge < -0.3 is 15.3 Å². The molecule has 1 heterocycles. The third kappa shape index (κ3) is 4.44. The zero-order valence-electron chi connectivity index (χ0n) is 12.2. The number of aliphatic carboxylic acids is 1. The Morgan fingerprint density at radius 3 is 2.48 bits per heavy atom. The topological polar surface area (TPSA) is 82.5 Å². The molecule has 114 valence electrons. The molecule has 1 aliphatic carbocycles. The number of carboxylic acids is 1. The smallest absolute Gasteiger partial charge is 0.317 e. The lowest BCUT2D eigenvalue weighted by Gasteiger charge is -2.28. The lowest BCUT2D eigenvalue weighted by molar-refractivity contribution is -0.142. The highest BCUT2D eigenvalue weighted by Crippen LogP contribution is 2.24. The fourth-order valence-electron chi connectivity index (χ4n) is 2.60. The molecule has 0 aromatic carbocycles.